The van der Waals surface area contributed by atoms with Crippen LogP contribution < -0.4 is 4.80 Å². The summed E-state index contributed by atoms with van der Waals surface area (Å²) in [5, 5.41) is 0. The number of nitrogens with zero attached hydrogens (tertiary/aromatic N) is 2. The van der Waals surface area contributed by atoms with Gasteiger partial charge in [-0.3, -0.25) is 4.79 Å². The second-order valence-corrected chi connectivity index (χ2v) is 7.12. The van der Waals surface area contributed by atoms with E-state index in [1.807, 2.05) is 29.0 Å². The minimum Gasteiger partial charge on any atom is -0.383 e. The number of rotatable bonds is 5. The number of thiazole rings is 1. The molecule has 4 nitrogen and oxygen atoms in total. The second-order valence-electron chi connectivity index (χ2n) is 5.26. The van der Waals surface area contributed by atoms with Crippen molar-refractivity contribution in [1.29, 1.82) is 0 Å². The van der Waals surface area contributed by atoms with Gasteiger partial charge in [0.05, 0.1) is 22.4 Å². The van der Waals surface area contributed by atoms with Crippen molar-refractivity contribution in [1.82, 2.24) is 4.57 Å². The highest BCUT2D eigenvalue weighted by Gasteiger charge is 2.12. The number of carbonyl (C=O) groups is 1. The van der Waals surface area contributed by atoms with Gasteiger partial charge in [-0.2, -0.15) is 4.99 Å². The van der Waals surface area contributed by atoms with Crippen molar-refractivity contribution in [2.45, 2.75) is 11.4 Å². The monoisotopic (exact) mass is 376 g/mol. The summed E-state index contributed by atoms with van der Waals surface area (Å²) in [5.74, 6) is -0.610. The number of fused-ring (bicyclic) bond motifs is 1. The zero-order valence-corrected chi connectivity index (χ0v) is 15.5. The third-order valence-electron chi connectivity index (χ3n) is 3.70. The summed E-state index contributed by atoms with van der Waals surface area (Å²) in [6.07, 6.45) is 1.92. The number of thioether (sulfide) groups is 1. The van der Waals surface area contributed by atoms with Crippen LogP contribution in [0, 0.1) is 5.82 Å². The number of aromatic nitrogens is 1. The van der Waals surface area contributed by atoms with Gasteiger partial charge in [-0.05, 0) is 36.6 Å². The molecule has 130 valence electrons. The molecule has 0 unspecified atom stereocenters. The fraction of sp³-hybridized carbons (Fsp3) is 0.222. The summed E-state index contributed by atoms with van der Waals surface area (Å²) in [4.78, 5) is 18.4. The Morgan fingerprint density at radius 2 is 2.12 bits per heavy atom. The van der Waals surface area contributed by atoms with E-state index in [9.17, 15) is 9.18 Å². The molecule has 7 heteroatoms. The van der Waals surface area contributed by atoms with Gasteiger partial charge in [0.25, 0.3) is 5.91 Å². The Labute approximate surface area is 153 Å². The molecule has 0 aliphatic carbocycles. The number of ether oxygens (including phenoxy) is 1. The van der Waals surface area contributed by atoms with Gasteiger partial charge in [0, 0.05) is 18.6 Å². The van der Waals surface area contributed by atoms with Gasteiger partial charge in [0.2, 0.25) is 0 Å². The highest BCUT2D eigenvalue weighted by atomic mass is 32.2. The Morgan fingerprint density at radius 1 is 1.32 bits per heavy atom. The van der Waals surface area contributed by atoms with Crippen molar-refractivity contribution in [2.75, 3.05) is 20.0 Å². The van der Waals surface area contributed by atoms with Gasteiger partial charge in [-0.15, -0.1) is 11.8 Å². The molecular weight excluding hydrogens is 359 g/mol. The summed E-state index contributed by atoms with van der Waals surface area (Å²) in [6.45, 7) is 1.02. The Morgan fingerprint density at radius 3 is 2.88 bits per heavy atom. The lowest BCUT2D eigenvalue weighted by atomic mass is 10.2. The van der Waals surface area contributed by atoms with Gasteiger partial charge in [0.1, 0.15) is 5.82 Å². The molecule has 0 atom stereocenters. The van der Waals surface area contributed by atoms with Crippen LogP contribution in [0.25, 0.3) is 10.2 Å². The van der Waals surface area contributed by atoms with Gasteiger partial charge in [-0.25, -0.2) is 4.39 Å². The molecule has 0 aliphatic rings. The summed E-state index contributed by atoms with van der Waals surface area (Å²) >= 11 is 2.80. The van der Waals surface area contributed by atoms with Crippen molar-refractivity contribution < 1.29 is 13.9 Å². The van der Waals surface area contributed by atoms with Crippen molar-refractivity contribution >= 4 is 39.2 Å². The summed E-state index contributed by atoms with van der Waals surface area (Å²) in [5.41, 5.74) is 1.41. The van der Waals surface area contributed by atoms with Gasteiger partial charge in [-0.1, -0.05) is 23.5 Å². The Hall–Kier alpha value is -1.96. The lowest BCUT2D eigenvalue weighted by molar-refractivity contribution is 0.0994. The van der Waals surface area contributed by atoms with Gasteiger partial charge >= 0.3 is 0 Å². The quantitative estimate of drug-likeness (QED) is 0.633. The van der Waals surface area contributed by atoms with E-state index < -0.39 is 0 Å². The molecule has 0 saturated heterocycles. The van der Waals surface area contributed by atoms with Crippen LogP contribution in [-0.2, 0) is 11.3 Å². The number of benzene rings is 2. The average molecular weight is 376 g/mol. The lowest BCUT2D eigenvalue weighted by Gasteiger charge is -2.05. The van der Waals surface area contributed by atoms with E-state index in [1.54, 1.807) is 19.2 Å². The molecule has 0 fully saturated rings. The Bertz CT molecular complexity index is 979. The van der Waals surface area contributed by atoms with Gasteiger partial charge < -0.3 is 9.30 Å². The first-order valence-electron chi connectivity index (χ1n) is 7.64. The topological polar surface area (TPSA) is 43.6 Å². The minimum atomic E-state index is -0.307. The molecule has 3 rings (SSSR count). The van der Waals surface area contributed by atoms with Crippen LogP contribution in [0.4, 0.5) is 4.39 Å². The third kappa shape index (κ3) is 3.84. The van der Waals surface area contributed by atoms with Crippen molar-refractivity contribution in [3.63, 3.8) is 0 Å². The number of hydrogen-bond donors (Lipinski definition) is 0. The Kier molecular flexibility index (Phi) is 5.67. The number of amides is 1. The normalized spacial score (nSPS) is 12.0. The standard InChI is InChI=1S/C18H17FN2O2S2/c1-23-10-9-21-14-8-7-12(19)11-16(14)25-18(21)20-17(22)13-5-3-4-6-15(13)24-2/h3-8,11H,9-10H2,1-2H3. The van der Waals surface area contributed by atoms with Crippen molar-refractivity contribution in [3.8, 4) is 0 Å². The zero-order chi connectivity index (χ0) is 17.8. The van der Waals surface area contributed by atoms with Crippen LogP contribution >= 0.6 is 23.1 Å². The average Bonchev–Trinajstić information content (AvgIpc) is 2.95. The molecule has 0 radical (unpaired) electrons. The highest BCUT2D eigenvalue weighted by Crippen LogP contribution is 2.21. The second kappa shape index (κ2) is 7.95. The SMILES string of the molecule is COCCn1c(=NC(=O)c2ccccc2SC)sc2cc(F)ccc21. The van der Waals surface area contributed by atoms with Crippen LogP contribution in [0.1, 0.15) is 10.4 Å². The predicted octanol–water partition coefficient (Wildman–Crippen LogP) is 3.95. The lowest BCUT2D eigenvalue weighted by Crippen LogP contribution is -2.19. The molecule has 1 heterocycles. The maximum Gasteiger partial charge on any atom is 0.280 e. The van der Waals surface area contributed by atoms with Crippen LogP contribution in [-0.4, -0.2) is 30.4 Å². The molecule has 0 spiro atoms. The van der Waals surface area contributed by atoms with Crippen molar-refractivity contribution in [2.24, 2.45) is 4.99 Å². The Balaban J connectivity index is 2.12. The van der Waals surface area contributed by atoms with E-state index in [2.05, 4.69) is 4.99 Å². The van der Waals surface area contributed by atoms with Crippen LogP contribution in [0.3, 0.4) is 0 Å². The first-order valence-corrected chi connectivity index (χ1v) is 9.68. The highest BCUT2D eigenvalue weighted by molar-refractivity contribution is 7.98. The van der Waals surface area contributed by atoms with E-state index in [-0.39, 0.29) is 11.7 Å². The molecule has 25 heavy (non-hydrogen) atoms. The number of methoxy groups -OCH3 is 1. The first-order chi connectivity index (χ1) is 12.1. The maximum absolute atomic E-state index is 13.5. The zero-order valence-electron chi connectivity index (χ0n) is 13.9. The van der Waals surface area contributed by atoms with E-state index in [0.717, 1.165) is 15.1 Å². The number of hydrogen-bond acceptors (Lipinski definition) is 4. The largest absolute Gasteiger partial charge is 0.383 e. The van der Waals surface area contributed by atoms with E-state index >= 15 is 0 Å². The minimum absolute atomic E-state index is 0.303. The molecule has 1 aromatic heterocycles. The van der Waals surface area contributed by atoms with E-state index in [1.165, 1.54) is 35.2 Å². The smallest absolute Gasteiger partial charge is 0.280 e. The number of carbonyl (C=O) groups excluding carboxylic acids is 1. The molecule has 0 bridgehead atoms. The van der Waals surface area contributed by atoms with Gasteiger partial charge in [0.15, 0.2) is 4.80 Å². The summed E-state index contributed by atoms with van der Waals surface area (Å²) in [7, 11) is 1.62. The molecule has 0 aliphatic heterocycles. The number of halogens is 1. The summed E-state index contributed by atoms with van der Waals surface area (Å²) < 4.78 is 21.3. The molecule has 0 saturated carbocycles. The van der Waals surface area contributed by atoms with E-state index in [0.29, 0.717) is 23.5 Å². The molecular formula is C18H17FN2O2S2. The third-order valence-corrected chi connectivity index (χ3v) is 5.54. The molecule has 1 amide bonds. The van der Waals surface area contributed by atoms with Crippen LogP contribution in [0.15, 0.2) is 52.4 Å². The maximum atomic E-state index is 13.5. The fourth-order valence-electron chi connectivity index (χ4n) is 2.50. The fourth-order valence-corrected chi connectivity index (χ4v) is 4.17. The van der Waals surface area contributed by atoms with Crippen LogP contribution in [0.2, 0.25) is 0 Å². The molecule has 3 aromatic rings. The predicted molar refractivity (Wildman–Crippen MR) is 99.8 cm³/mol. The molecule has 0 N–H and O–H groups in total. The molecule has 2 aromatic carbocycles. The summed E-state index contributed by atoms with van der Waals surface area (Å²) in [6, 6.07) is 12.0. The van der Waals surface area contributed by atoms with Crippen molar-refractivity contribution in [3.05, 3.63) is 58.6 Å². The first kappa shape index (κ1) is 17.8. The van der Waals surface area contributed by atoms with Crippen LogP contribution in [0.5, 0.6) is 0 Å². The van der Waals surface area contributed by atoms with E-state index in [4.69, 9.17) is 4.74 Å².